The van der Waals surface area contributed by atoms with E-state index in [4.69, 9.17) is 11.6 Å². The molecule has 100 valence electrons. The van der Waals surface area contributed by atoms with Crippen LogP contribution in [0.25, 0.3) is 0 Å². The Balaban J connectivity index is 2.14. The van der Waals surface area contributed by atoms with Crippen molar-refractivity contribution in [2.24, 2.45) is 0 Å². The summed E-state index contributed by atoms with van der Waals surface area (Å²) in [6.07, 6.45) is 0. The van der Waals surface area contributed by atoms with E-state index in [1.54, 1.807) is 30.5 Å². The summed E-state index contributed by atoms with van der Waals surface area (Å²) in [5.74, 6) is -0.242. The summed E-state index contributed by atoms with van der Waals surface area (Å²) in [5.41, 5.74) is 2.26. The standard InChI is InChI=1S/C13H13ClN2O2S/c1-8-7-19-13(18)16(8)6-12(17)15-11-5-3-4-10(14)9(11)2/h3-5,7H,6H2,1-2H3,(H,15,17). The Morgan fingerprint density at radius 3 is 2.79 bits per heavy atom. The van der Waals surface area contributed by atoms with Crippen LogP contribution in [0, 0.1) is 13.8 Å². The van der Waals surface area contributed by atoms with Gasteiger partial charge in [0.15, 0.2) is 0 Å². The summed E-state index contributed by atoms with van der Waals surface area (Å²) in [6.45, 7) is 3.65. The van der Waals surface area contributed by atoms with E-state index in [0.717, 1.165) is 22.6 Å². The van der Waals surface area contributed by atoms with Gasteiger partial charge < -0.3 is 5.32 Å². The van der Waals surface area contributed by atoms with Gasteiger partial charge in [-0.15, -0.1) is 0 Å². The van der Waals surface area contributed by atoms with Crippen molar-refractivity contribution >= 4 is 34.5 Å². The maximum absolute atomic E-state index is 11.9. The normalized spacial score (nSPS) is 10.5. The second kappa shape index (κ2) is 5.59. The third kappa shape index (κ3) is 3.05. The Morgan fingerprint density at radius 1 is 1.42 bits per heavy atom. The SMILES string of the molecule is Cc1c(Cl)cccc1NC(=O)Cn1c(C)csc1=O. The number of aryl methyl sites for hydroxylation is 1. The Morgan fingerprint density at radius 2 is 2.16 bits per heavy atom. The first-order chi connectivity index (χ1) is 8.99. The minimum Gasteiger partial charge on any atom is -0.324 e. The molecule has 0 spiro atoms. The number of nitrogens with zero attached hydrogens (tertiary/aromatic N) is 1. The van der Waals surface area contributed by atoms with Gasteiger partial charge in [0.25, 0.3) is 0 Å². The van der Waals surface area contributed by atoms with Crippen LogP contribution in [0.3, 0.4) is 0 Å². The number of hydrogen-bond donors (Lipinski definition) is 1. The van der Waals surface area contributed by atoms with E-state index in [2.05, 4.69) is 5.32 Å². The molecule has 4 nitrogen and oxygen atoms in total. The van der Waals surface area contributed by atoms with Crippen LogP contribution in [0.2, 0.25) is 5.02 Å². The molecular formula is C13H13ClN2O2S. The van der Waals surface area contributed by atoms with Crippen molar-refractivity contribution in [2.45, 2.75) is 20.4 Å². The molecule has 1 aromatic carbocycles. The van der Waals surface area contributed by atoms with Gasteiger partial charge in [0.1, 0.15) is 6.54 Å². The zero-order valence-electron chi connectivity index (χ0n) is 10.6. The van der Waals surface area contributed by atoms with Crippen LogP contribution in [0.1, 0.15) is 11.3 Å². The highest BCUT2D eigenvalue weighted by Gasteiger charge is 2.10. The molecule has 19 heavy (non-hydrogen) atoms. The van der Waals surface area contributed by atoms with Gasteiger partial charge in [-0.3, -0.25) is 14.2 Å². The molecule has 0 saturated carbocycles. The number of halogens is 1. The summed E-state index contributed by atoms with van der Waals surface area (Å²) < 4.78 is 1.44. The topological polar surface area (TPSA) is 51.1 Å². The van der Waals surface area contributed by atoms with E-state index in [-0.39, 0.29) is 17.3 Å². The summed E-state index contributed by atoms with van der Waals surface area (Å²) >= 11 is 7.08. The van der Waals surface area contributed by atoms with Gasteiger partial charge in [-0.1, -0.05) is 29.0 Å². The first-order valence-electron chi connectivity index (χ1n) is 5.69. The summed E-state index contributed by atoms with van der Waals surface area (Å²) in [4.78, 5) is 23.3. The molecule has 0 radical (unpaired) electrons. The number of aromatic nitrogens is 1. The van der Waals surface area contributed by atoms with Crippen molar-refractivity contribution in [2.75, 3.05) is 5.32 Å². The van der Waals surface area contributed by atoms with E-state index in [1.807, 2.05) is 6.92 Å². The second-order valence-electron chi connectivity index (χ2n) is 4.19. The quantitative estimate of drug-likeness (QED) is 0.947. The lowest BCUT2D eigenvalue weighted by Gasteiger charge is -2.10. The monoisotopic (exact) mass is 296 g/mol. The minimum absolute atomic E-state index is 0.0140. The van der Waals surface area contributed by atoms with Crippen molar-refractivity contribution in [3.8, 4) is 0 Å². The lowest BCUT2D eigenvalue weighted by atomic mass is 10.2. The highest BCUT2D eigenvalue weighted by atomic mass is 35.5. The predicted molar refractivity (Wildman–Crippen MR) is 78.1 cm³/mol. The molecule has 0 fully saturated rings. The average Bonchev–Trinajstić information content (AvgIpc) is 2.67. The fourth-order valence-electron chi connectivity index (χ4n) is 1.67. The first kappa shape index (κ1) is 13.8. The zero-order valence-corrected chi connectivity index (χ0v) is 12.1. The van der Waals surface area contributed by atoms with Gasteiger partial charge in [-0.25, -0.2) is 0 Å². The molecule has 0 bridgehead atoms. The highest BCUT2D eigenvalue weighted by molar-refractivity contribution is 7.07. The van der Waals surface area contributed by atoms with Gasteiger partial charge >= 0.3 is 4.87 Å². The van der Waals surface area contributed by atoms with Crippen LogP contribution in [-0.4, -0.2) is 10.5 Å². The maximum atomic E-state index is 11.9. The van der Waals surface area contributed by atoms with Gasteiger partial charge in [0.2, 0.25) is 5.91 Å². The van der Waals surface area contributed by atoms with Crippen molar-refractivity contribution < 1.29 is 4.79 Å². The van der Waals surface area contributed by atoms with Gasteiger partial charge in [-0.05, 0) is 31.5 Å². The molecule has 0 aliphatic heterocycles. The van der Waals surface area contributed by atoms with Crippen molar-refractivity contribution in [1.82, 2.24) is 4.57 Å². The summed E-state index contributed by atoms with van der Waals surface area (Å²) in [5, 5.41) is 5.10. The number of nitrogens with one attached hydrogen (secondary N) is 1. The first-order valence-corrected chi connectivity index (χ1v) is 6.94. The number of amides is 1. The highest BCUT2D eigenvalue weighted by Crippen LogP contribution is 2.22. The van der Waals surface area contributed by atoms with Crippen LogP contribution in [-0.2, 0) is 11.3 Å². The van der Waals surface area contributed by atoms with Crippen LogP contribution in [0.5, 0.6) is 0 Å². The number of carbonyl (C=O) groups excluding carboxylic acids is 1. The molecule has 1 amide bonds. The molecule has 1 heterocycles. The average molecular weight is 297 g/mol. The van der Waals surface area contributed by atoms with Crippen LogP contribution in [0.4, 0.5) is 5.69 Å². The van der Waals surface area contributed by atoms with Crippen molar-refractivity contribution in [1.29, 1.82) is 0 Å². The fraction of sp³-hybridized carbons (Fsp3) is 0.231. The van der Waals surface area contributed by atoms with E-state index in [1.165, 1.54) is 4.57 Å². The van der Waals surface area contributed by atoms with Crippen LogP contribution in [0.15, 0.2) is 28.4 Å². The second-order valence-corrected chi connectivity index (χ2v) is 5.42. The summed E-state index contributed by atoms with van der Waals surface area (Å²) in [6, 6.07) is 5.31. The molecule has 1 aromatic heterocycles. The molecule has 1 N–H and O–H groups in total. The molecule has 0 saturated heterocycles. The van der Waals surface area contributed by atoms with E-state index in [0.29, 0.717) is 10.7 Å². The van der Waals surface area contributed by atoms with Crippen LogP contribution >= 0.6 is 22.9 Å². The number of benzene rings is 1. The number of anilines is 1. The van der Waals surface area contributed by atoms with E-state index >= 15 is 0 Å². The van der Waals surface area contributed by atoms with Crippen LogP contribution < -0.4 is 10.2 Å². The van der Waals surface area contributed by atoms with Crippen molar-refractivity contribution in [3.63, 3.8) is 0 Å². The molecule has 6 heteroatoms. The largest absolute Gasteiger partial charge is 0.324 e. The fourth-order valence-corrected chi connectivity index (χ4v) is 2.58. The van der Waals surface area contributed by atoms with E-state index < -0.39 is 0 Å². The number of hydrogen-bond acceptors (Lipinski definition) is 3. The Hall–Kier alpha value is -1.59. The molecule has 2 aromatic rings. The van der Waals surface area contributed by atoms with Gasteiger partial charge in [-0.2, -0.15) is 0 Å². The van der Waals surface area contributed by atoms with E-state index in [9.17, 15) is 9.59 Å². The number of thiazole rings is 1. The van der Waals surface area contributed by atoms with Gasteiger partial charge in [0, 0.05) is 21.8 Å². The number of rotatable bonds is 3. The Labute approximate surface area is 119 Å². The summed E-state index contributed by atoms with van der Waals surface area (Å²) in [7, 11) is 0. The lowest BCUT2D eigenvalue weighted by Crippen LogP contribution is -2.25. The Bertz CT molecular complexity index is 676. The molecular weight excluding hydrogens is 284 g/mol. The van der Waals surface area contributed by atoms with Crippen molar-refractivity contribution in [3.05, 3.63) is 49.5 Å². The zero-order chi connectivity index (χ0) is 14.0. The maximum Gasteiger partial charge on any atom is 0.307 e. The number of carbonyl (C=O) groups is 1. The third-order valence-corrected chi connectivity index (χ3v) is 4.11. The smallest absolute Gasteiger partial charge is 0.307 e. The minimum atomic E-state index is -0.242. The third-order valence-electron chi connectivity index (χ3n) is 2.82. The Kier molecular flexibility index (Phi) is 4.07. The molecule has 0 unspecified atom stereocenters. The van der Waals surface area contributed by atoms with Gasteiger partial charge in [0.05, 0.1) is 0 Å². The molecule has 0 aliphatic carbocycles. The lowest BCUT2D eigenvalue weighted by molar-refractivity contribution is -0.116. The molecule has 0 atom stereocenters. The predicted octanol–water partition coefficient (Wildman–Crippen LogP) is 2.82. The molecule has 0 aliphatic rings. The molecule has 2 rings (SSSR count).